The lowest BCUT2D eigenvalue weighted by molar-refractivity contribution is 0.234. The van der Waals surface area contributed by atoms with Crippen molar-refractivity contribution in [1.82, 2.24) is 0 Å². The Kier molecular flexibility index (Phi) is 3.01. The highest BCUT2D eigenvalue weighted by Crippen LogP contribution is 2.24. The highest BCUT2D eigenvalue weighted by atomic mass is 32.2. The van der Waals surface area contributed by atoms with Crippen LogP contribution < -0.4 is 0 Å². The highest BCUT2D eigenvalue weighted by Gasteiger charge is 2.17. The Morgan fingerprint density at radius 3 is 2.36 bits per heavy atom. The molecule has 1 heterocycles. The first-order valence-electron chi connectivity index (χ1n) is 4.25. The third-order valence-electron chi connectivity index (χ3n) is 1.84. The zero-order valence-electron chi connectivity index (χ0n) is 8.70. The summed E-state index contributed by atoms with van der Waals surface area (Å²) in [4.78, 5) is 0. The molecule has 0 aliphatic rings. The summed E-state index contributed by atoms with van der Waals surface area (Å²) in [7, 11) is -3.42. The van der Waals surface area contributed by atoms with Gasteiger partial charge in [0, 0.05) is 5.56 Å². The molecular formula is C9H14O4S. The van der Waals surface area contributed by atoms with Gasteiger partial charge in [-0.15, -0.1) is 0 Å². The van der Waals surface area contributed by atoms with E-state index in [-0.39, 0.29) is 0 Å². The van der Waals surface area contributed by atoms with Crippen molar-refractivity contribution in [3.8, 4) is 0 Å². The van der Waals surface area contributed by atoms with Crippen LogP contribution in [-0.4, -0.2) is 14.7 Å². The van der Waals surface area contributed by atoms with Crippen molar-refractivity contribution in [1.29, 1.82) is 0 Å². The van der Waals surface area contributed by atoms with Gasteiger partial charge < -0.3 is 4.42 Å². The number of aryl methyl sites for hydroxylation is 2. The van der Waals surface area contributed by atoms with Gasteiger partial charge in [0.25, 0.3) is 10.1 Å². The number of hydrogen-bond donors (Lipinski definition) is 0. The first-order valence-corrected chi connectivity index (χ1v) is 6.06. The molecule has 0 fully saturated rings. The van der Waals surface area contributed by atoms with Crippen LogP contribution in [0.3, 0.4) is 0 Å². The molecule has 0 spiro atoms. The van der Waals surface area contributed by atoms with Crippen molar-refractivity contribution in [3.63, 3.8) is 0 Å². The largest absolute Gasteiger partial charge is 0.466 e. The molecule has 0 N–H and O–H groups in total. The second kappa shape index (κ2) is 3.74. The molecule has 0 aliphatic heterocycles. The van der Waals surface area contributed by atoms with Gasteiger partial charge in [-0.2, -0.15) is 8.42 Å². The number of rotatable bonds is 3. The molecule has 0 bridgehead atoms. The van der Waals surface area contributed by atoms with Crippen LogP contribution in [0.5, 0.6) is 0 Å². The van der Waals surface area contributed by atoms with Crippen molar-refractivity contribution in [2.75, 3.05) is 6.26 Å². The summed E-state index contributed by atoms with van der Waals surface area (Å²) in [6.45, 7) is 5.27. The van der Waals surface area contributed by atoms with Gasteiger partial charge in [-0.3, -0.25) is 4.18 Å². The maximum Gasteiger partial charge on any atom is 0.264 e. The minimum Gasteiger partial charge on any atom is -0.466 e. The third-order valence-corrected chi connectivity index (χ3v) is 2.47. The van der Waals surface area contributed by atoms with Crippen molar-refractivity contribution in [2.24, 2.45) is 0 Å². The van der Waals surface area contributed by atoms with E-state index in [9.17, 15) is 8.42 Å². The average molecular weight is 218 g/mol. The normalized spacial score (nSPS) is 14.3. The van der Waals surface area contributed by atoms with E-state index in [1.165, 1.54) is 0 Å². The van der Waals surface area contributed by atoms with E-state index in [1.807, 2.05) is 6.92 Å². The molecule has 4 nitrogen and oxygen atoms in total. The summed E-state index contributed by atoms with van der Waals surface area (Å²) in [5, 5.41) is 0. The van der Waals surface area contributed by atoms with Gasteiger partial charge in [-0.05, 0) is 26.8 Å². The monoisotopic (exact) mass is 218 g/mol. The van der Waals surface area contributed by atoms with Crippen LogP contribution >= 0.6 is 0 Å². The van der Waals surface area contributed by atoms with Gasteiger partial charge in [0.15, 0.2) is 0 Å². The van der Waals surface area contributed by atoms with Crippen LogP contribution in [0.2, 0.25) is 0 Å². The number of furan rings is 1. The standard InChI is InChI=1S/C9H14O4S/c1-6-5-9(7(2)12-6)8(3)13-14(4,10)11/h5,8H,1-4H3. The van der Waals surface area contributed by atoms with Crippen LogP contribution in [0, 0.1) is 13.8 Å². The summed E-state index contributed by atoms with van der Waals surface area (Å²) in [6, 6.07) is 1.78. The summed E-state index contributed by atoms with van der Waals surface area (Å²) < 4.78 is 31.9. The Morgan fingerprint density at radius 1 is 1.43 bits per heavy atom. The SMILES string of the molecule is Cc1cc(C(C)OS(C)(=O)=O)c(C)o1. The van der Waals surface area contributed by atoms with Crippen molar-refractivity contribution >= 4 is 10.1 Å². The highest BCUT2D eigenvalue weighted by molar-refractivity contribution is 7.86. The molecule has 1 aromatic heterocycles. The molecule has 0 amide bonds. The Balaban J connectivity index is 2.90. The van der Waals surface area contributed by atoms with E-state index >= 15 is 0 Å². The van der Waals surface area contributed by atoms with Crippen molar-refractivity contribution < 1.29 is 17.0 Å². The van der Waals surface area contributed by atoms with E-state index < -0.39 is 16.2 Å². The zero-order valence-corrected chi connectivity index (χ0v) is 9.51. The predicted octanol–water partition coefficient (Wildman–Crippen LogP) is 1.93. The van der Waals surface area contributed by atoms with E-state index in [0.717, 1.165) is 17.6 Å². The lowest BCUT2D eigenvalue weighted by Gasteiger charge is -2.09. The van der Waals surface area contributed by atoms with Crippen LogP contribution in [0.1, 0.15) is 30.1 Å². The van der Waals surface area contributed by atoms with E-state index in [0.29, 0.717) is 5.76 Å². The minimum atomic E-state index is -3.42. The molecule has 1 unspecified atom stereocenters. The first-order chi connectivity index (χ1) is 6.29. The minimum absolute atomic E-state index is 0.498. The Labute approximate surface area is 84.0 Å². The van der Waals surface area contributed by atoms with Gasteiger partial charge in [-0.25, -0.2) is 0 Å². The fourth-order valence-electron chi connectivity index (χ4n) is 1.37. The molecule has 0 saturated carbocycles. The summed E-state index contributed by atoms with van der Waals surface area (Å²) in [5.74, 6) is 1.44. The molecule has 14 heavy (non-hydrogen) atoms. The predicted molar refractivity (Wildman–Crippen MR) is 52.5 cm³/mol. The molecule has 0 saturated heterocycles. The Hall–Kier alpha value is -0.810. The first kappa shape index (κ1) is 11.3. The van der Waals surface area contributed by atoms with E-state index in [1.54, 1.807) is 19.9 Å². The summed E-state index contributed by atoms with van der Waals surface area (Å²) in [5.41, 5.74) is 0.771. The lowest BCUT2D eigenvalue weighted by Crippen LogP contribution is -2.07. The number of hydrogen-bond acceptors (Lipinski definition) is 4. The van der Waals surface area contributed by atoms with Gasteiger partial charge in [-0.1, -0.05) is 0 Å². The second-order valence-electron chi connectivity index (χ2n) is 3.31. The van der Waals surface area contributed by atoms with Crippen LogP contribution in [0.15, 0.2) is 10.5 Å². The molecule has 1 rings (SSSR count). The molecule has 0 radical (unpaired) electrons. The van der Waals surface area contributed by atoms with Crippen LogP contribution in [0.4, 0.5) is 0 Å². The van der Waals surface area contributed by atoms with Crippen LogP contribution in [-0.2, 0) is 14.3 Å². The Bertz CT molecular complexity index is 416. The molecular weight excluding hydrogens is 204 g/mol. The van der Waals surface area contributed by atoms with Crippen LogP contribution in [0.25, 0.3) is 0 Å². The third kappa shape index (κ3) is 2.85. The van der Waals surface area contributed by atoms with Gasteiger partial charge in [0.05, 0.1) is 6.26 Å². The topological polar surface area (TPSA) is 56.5 Å². The zero-order chi connectivity index (χ0) is 10.9. The van der Waals surface area contributed by atoms with E-state index in [2.05, 4.69) is 0 Å². The van der Waals surface area contributed by atoms with Gasteiger partial charge >= 0.3 is 0 Å². The maximum absolute atomic E-state index is 10.9. The van der Waals surface area contributed by atoms with Gasteiger partial charge in [0.1, 0.15) is 17.6 Å². The molecule has 1 aromatic rings. The summed E-state index contributed by atoms with van der Waals surface area (Å²) in [6.07, 6.45) is 0.536. The maximum atomic E-state index is 10.9. The lowest BCUT2D eigenvalue weighted by atomic mass is 10.1. The Morgan fingerprint density at radius 2 is 2.00 bits per heavy atom. The molecule has 5 heteroatoms. The van der Waals surface area contributed by atoms with Crippen molar-refractivity contribution in [3.05, 3.63) is 23.2 Å². The molecule has 0 aromatic carbocycles. The molecule has 80 valence electrons. The molecule has 0 aliphatic carbocycles. The second-order valence-corrected chi connectivity index (χ2v) is 4.91. The smallest absolute Gasteiger partial charge is 0.264 e. The van der Waals surface area contributed by atoms with Crippen molar-refractivity contribution in [2.45, 2.75) is 26.9 Å². The van der Waals surface area contributed by atoms with E-state index in [4.69, 9.17) is 8.60 Å². The molecule has 1 atom stereocenters. The quantitative estimate of drug-likeness (QED) is 0.727. The fourth-order valence-corrected chi connectivity index (χ4v) is 2.00. The van der Waals surface area contributed by atoms with Gasteiger partial charge in [0.2, 0.25) is 0 Å². The summed E-state index contributed by atoms with van der Waals surface area (Å²) >= 11 is 0. The average Bonchev–Trinajstić information content (AvgIpc) is 2.26. The fraction of sp³-hybridized carbons (Fsp3) is 0.556.